The molecule has 0 saturated carbocycles. The standard InChI is InChI=1S/C20H36N8O9/c21-10(7-29)15(32)26-12(8-30)17(34)27-13(9-31)16(33)25-11(3-1-5-24-20(22)23)18(35)28-6-2-4-14(28)19(36)37/h10-14,29-31H,1-9,21H2,(H,25,33)(H,26,32)(H,27,34)(H,36,37)(H4,22,23,24)/t10-,11-,12-,13-,14-/m0/s1. The summed E-state index contributed by atoms with van der Waals surface area (Å²) < 4.78 is 0. The van der Waals surface area contributed by atoms with Crippen molar-refractivity contribution in [1.29, 1.82) is 0 Å². The molecular formula is C20H36N8O9. The van der Waals surface area contributed by atoms with Gasteiger partial charge >= 0.3 is 5.97 Å². The summed E-state index contributed by atoms with van der Waals surface area (Å²) in [5.74, 6) is -4.98. The van der Waals surface area contributed by atoms with Crippen molar-refractivity contribution in [2.45, 2.75) is 55.9 Å². The number of nitrogens with two attached hydrogens (primary N) is 3. The van der Waals surface area contributed by atoms with E-state index in [0.717, 1.165) is 4.90 Å². The van der Waals surface area contributed by atoms with Crippen LogP contribution in [-0.2, 0) is 24.0 Å². The molecule has 0 aromatic rings. The third-order valence-corrected chi connectivity index (χ3v) is 5.55. The number of aliphatic hydroxyl groups excluding tert-OH is 3. The zero-order valence-corrected chi connectivity index (χ0v) is 20.2. The molecule has 0 aromatic heterocycles. The van der Waals surface area contributed by atoms with Crippen LogP contribution in [0.15, 0.2) is 4.99 Å². The second kappa shape index (κ2) is 15.5. The van der Waals surface area contributed by atoms with Crippen LogP contribution in [0.5, 0.6) is 0 Å². The van der Waals surface area contributed by atoms with Gasteiger partial charge in [-0.25, -0.2) is 4.79 Å². The van der Waals surface area contributed by atoms with E-state index in [0.29, 0.717) is 6.42 Å². The van der Waals surface area contributed by atoms with Gasteiger partial charge in [0.2, 0.25) is 23.6 Å². The van der Waals surface area contributed by atoms with Gasteiger partial charge in [0, 0.05) is 13.1 Å². The van der Waals surface area contributed by atoms with Gasteiger partial charge < -0.3 is 58.5 Å². The molecule has 0 unspecified atom stereocenters. The zero-order chi connectivity index (χ0) is 28.1. The number of aliphatic imine (C=N–C) groups is 1. The molecule has 1 rings (SSSR count). The van der Waals surface area contributed by atoms with Gasteiger partial charge in [-0.2, -0.15) is 0 Å². The third-order valence-electron chi connectivity index (χ3n) is 5.55. The molecule has 37 heavy (non-hydrogen) atoms. The van der Waals surface area contributed by atoms with Crippen LogP contribution in [0.2, 0.25) is 0 Å². The highest BCUT2D eigenvalue weighted by molar-refractivity contribution is 5.95. The van der Waals surface area contributed by atoms with Crippen LogP contribution in [0.25, 0.3) is 0 Å². The van der Waals surface area contributed by atoms with Gasteiger partial charge in [-0.1, -0.05) is 0 Å². The molecule has 1 aliphatic rings. The molecule has 0 radical (unpaired) electrons. The molecule has 1 saturated heterocycles. The van der Waals surface area contributed by atoms with Gasteiger partial charge in [0.05, 0.1) is 19.8 Å². The Kier molecular flexibility index (Phi) is 13.2. The predicted molar refractivity (Wildman–Crippen MR) is 127 cm³/mol. The van der Waals surface area contributed by atoms with Crippen LogP contribution in [0.3, 0.4) is 0 Å². The van der Waals surface area contributed by atoms with Crippen molar-refractivity contribution in [3.63, 3.8) is 0 Å². The van der Waals surface area contributed by atoms with Crippen molar-refractivity contribution in [1.82, 2.24) is 20.9 Å². The minimum atomic E-state index is -1.59. The lowest BCUT2D eigenvalue weighted by molar-refractivity contribution is -0.149. The second-order valence-corrected chi connectivity index (χ2v) is 8.31. The first kappa shape index (κ1) is 31.5. The molecule has 1 heterocycles. The molecule has 1 fully saturated rings. The molecule has 13 N–H and O–H groups in total. The van der Waals surface area contributed by atoms with Gasteiger partial charge in [0.25, 0.3) is 0 Å². The van der Waals surface area contributed by atoms with Crippen LogP contribution in [0, 0.1) is 0 Å². The molecule has 1 aliphatic heterocycles. The summed E-state index contributed by atoms with van der Waals surface area (Å²) in [6, 6.07) is -6.78. The topological polar surface area (TPSA) is 296 Å². The van der Waals surface area contributed by atoms with Gasteiger partial charge in [0.1, 0.15) is 30.2 Å². The first-order chi connectivity index (χ1) is 17.5. The number of hydrogen-bond acceptors (Lipinski definition) is 10. The van der Waals surface area contributed by atoms with Gasteiger partial charge in [-0.3, -0.25) is 24.2 Å². The van der Waals surface area contributed by atoms with Crippen LogP contribution >= 0.6 is 0 Å². The fourth-order valence-corrected chi connectivity index (χ4v) is 3.54. The monoisotopic (exact) mass is 532 g/mol. The van der Waals surface area contributed by atoms with Crippen molar-refractivity contribution in [3.05, 3.63) is 0 Å². The van der Waals surface area contributed by atoms with E-state index < -0.39 is 79.6 Å². The number of carbonyl (C=O) groups excluding carboxylic acids is 4. The number of nitrogens with one attached hydrogen (secondary N) is 3. The Hall–Kier alpha value is -3.54. The summed E-state index contributed by atoms with van der Waals surface area (Å²) >= 11 is 0. The number of guanidine groups is 1. The van der Waals surface area contributed by atoms with Gasteiger partial charge in [-0.05, 0) is 25.7 Å². The maximum atomic E-state index is 13.1. The van der Waals surface area contributed by atoms with Gasteiger partial charge in [-0.15, -0.1) is 0 Å². The van der Waals surface area contributed by atoms with E-state index in [-0.39, 0.29) is 38.3 Å². The smallest absolute Gasteiger partial charge is 0.326 e. The summed E-state index contributed by atoms with van der Waals surface area (Å²) in [6.45, 7) is -2.21. The largest absolute Gasteiger partial charge is 0.480 e. The fourth-order valence-electron chi connectivity index (χ4n) is 3.54. The zero-order valence-electron chi connectivity index (χ0n) is 20.2. The average molecular weight is 533 g/mol. The minimum absolute atomic E-state index is 0.0185. The summed E-state index contributed by atoms with van der Waals surface area (Å²) in [6.07, 6.45) is 0.963. The number of carboxylic acids is 1. The minimum Gasteiger partial charge on any atom is -0.480 e. The Morgan fingerprint density at radius 1 is 0.892 bits per heavy atom. The Morgan fingerprint density at radius 3 is 1.92 bits per heavy atom. The van der Waals surface area contributed by atoms with E-state index in [9.17, 15) is 39.3 Å². The lowest BCUT2D eigenvalue weighted by atomic mass is 10.1. The highest BCUT2D eigenvalue weighted by Crippen LogP contribution is 2.19. The van der Waals surface area contributed by atoms with Crippen LogP contribution in [0.1, 0.15) is 25.7 Å². The number of aliphatic hydroxyl groups is 3. The van der Waals surface area contributed by atoms with E-state index in [4.69, 9.17) is 22.3 Å². The van der Waals surface area contributed by atoms with Crippen LogP contribution in [0.4, 0.5) is 0 Å². The van der Waals surface area contributed by atoms with E-state index in [1.165, 1.54) is 0 Å². The predicted octanol–water partition coefficient (Wildman–Crippen LogP) is -6.13. The summed E-state index contributed by atoms with van der Waals surface area (Å²) in [5.41, 5.74) is 15.9. The molecular weight excluding hydrogens is 496 g/mol. The number of likely N-dealkylation sites (tertiary alicyclic amines) is 1. The van der Waals surface area contributed by atoms with Crippen molar-refractivity contribution in [2.75, 3.05) is 32.9 Å². The number of rotatable bonds is 15. The Bertz CT molecular complexity index is 852. The highest BCUT2D eigenvalue weighted by atomic mass is 16.4. The summed E-state index contributed by atoms with van der Waals surface area (Å²) in [7, 11) is 0. The number of amides is 4. The molecule has 210 valence electrons. The van der Waals surface area contributed by atoms with E-state index in [1.54, 1.807) is 0 Å². The normalized spacial score (nSPS) is 18.2. The Balaban J connectivity index is 2.96. The average Bonchev–Trinajstić information content (AvgIpc) is 3.36. The number of carbonyl (C=O) groups is 5. The Labute approximate surface area is 212 Å². The third kappa shape index (κ3) is 9.79. The quantitative estimate of drug-likeness (QED) is 0.0535. The molecule has 0 bridgehead atoms. The number of aliphatic carboxylic acids is 1. The maximum Gasteiger partial charge on any atom is 0.326 e. The van der Waals surface area contributed by atoms with Crippen molar-refractivity contribution in [3.8, 4) is 0 Å². The van der Waals surface area contributed by atoms with Crippen LogP contribution in [-0.4, -0.2) is 124 Å². The van der Waals surface area contributed by atoms with Crippen molar-refractivity contribution < 1.29 is 44.4 Å². The first-order valence-corrected chi connectivity index (χ1v) is 11.5. The first-order valence-electron chi connectivity index (χ1n) is 11.5. The lowest BCUT2D eigenvalue weighted by Crippen LogP contribution is -2.60. The molecule has 5 atom stereocenters. The second-order valence-electron chi connectivity index (χ2n) is 8.31. The van der Waals surface area contributed by atoms with E-state index in [1.807, 2.05) is 0 Å². The molecule has 0 aliphatic carbocycles. The number of nitrogens with zero attached hydrogens (tertiary/aromatic N) is 2. The Morgan fingerprint density at radius 2 is 1.43 bits per heavy atom. The van der Waals surface area contributed by atoms with E-state index >= 15 is 0 Å². The maximum absolute atomic E-state index is 13.1. The van der Waals surface area contributed by atoms with Crippen molar-refractivity contribution >= 4 is 35.6 Å². The molecule has 4 amide bonds. The molecule has 17 heteroatoms. The van der Waals surface area contributed by atoms with E-state index in [2.05, 4.69) is 20.9 Å². The fraction of sp³-hybridized carbons (Fsp3) is 0.700. The number of hydrogen-bond donors (Lipinski definition) is 10. The highest BCUT2D eigenvalue weighted by Gasteiger charge is 2.38. The molecule has 0 spiro atoms. The summed E-state index contributed by atoms with van der Waals surface area (Å²) in [5, 5.41) is 44.1. The SMILES string of the molecule is NC(N)=NCCC[C@H](NC(=O)[C@H](CO)NC(=O)[C@H](CO)NC(=O)[C@@H](N)CO)C(=O)N1CCC[C@H]1C(=O)O. The summed E-state index contributed by atoms with van der Waals surface area (Å²) in [4.78, 5) is 66.7. The number of carboxylic acid groups (broad SMARTS) is 1. The molecule has 0 aromatic carbocycles. The lowest BCUT2D eigenvalue weighted by Gasteiger charge is -2.28. The molecule has 17 nitrogen and oxygen atoms in total. The van der Waals surface area contributed by atoms with Gasteiger partial charge in [0.15, 0.2) is 5.96 Å². The van der Waals surface area contributed by atoms with Crippen molar-refractivity contribution in [2.24, 2.45) is 22.2 Å². The van der Waals surface area contributed by atoms with Crippen LogP contribution < -0.4 is 33.2 Å².